The van der Waals surface area contributed by atoms with Crippen LogP contribution in [0.2, 0.25) is 15.2 Å². The van der Waals surface area contributed by atoms with Crippen LogP contribution in [0.4, 0.5) is 0 Å². The van der Waals surface area contributed by atoms with Crippen LogP contribution < -0.4 is 10.1 Å². The van der Waals surface area contributed by atoms with Crippen LogP contribution in [0.25, 0.3) is 10.9 Å². The van der Waals surface area contributed by atoms with Crippen LogP contribution in [0.1, 0.15) is 41.6 Å². The van der Waals surface area contributed by atoms with Crippen LogP contribution in [0.15, 0.2) is 36.4 Å². The average molecular weight is 480 g/mol. The minimum atomic E-state index is -0.656. The zero-order chi connectivity index (χ0) is 22.1. The largest absolute Gasteiger partial charge is 0.497 e. The number of benzene rings is 2. The van der Waals surface area contributed by atoms with Crippen LogP contribution in [0.3, 0.4) is 0 Å². The Bertz CT molecular complexity index is 1170. The van der Waals surface area contributed by atoms with Gasteiger partial charge in [-0.15, -0.1) is 0 Å². The first-order valence-electron chi connectivity index (χ1n) is 10.0. The summed E-state index contributed by atoms with van der Waals surface area (Å²) in [5, 5.41) is 4.61. The summed E-state index contributed by atoms with van der Waals surface area (Å²) in [7, 11) is 1.54. The first kappa shape index (κ1) is 22.0. The molecule has 0 spiro atoms. The summed E-state index contributed by atoms with van der Waals surface area (Å²) in [5.74, 6) is -0.729. The number of aromatic nitrogens is 1. The van der Waals surface area contributed by atoms with Crippen molar-refractivity contribution < 1.29 is 14.3 Å². The van der Waals surface area contributed by atoms with Gasteiger partial charge >= 0.3 is 0 Å². The number of amides is 1. The lowest BCUT2D eigenvalue weighted by atomic mass is 10.1. The van der Waals surface area contributed by atoms with E-state index in [0.717, 1.165) is 31.2 Å². The highest BCUT2D eigenvalue weighted by Gasteiger charge is 2.29. The van der Waals surface area contributed by atoms with Crippen molar-refractivity contribution in [3.05, 3.63) is 62.7 Å². The van der Waals surface area contributed by atoms with Crippen LogP contribution >= 0.6 is 34.8 Å². The van der Waals surface area contributed by atoms with Crippen LogP contribution in [0, 0.1) is 0 Å². The Balaban J connectivity index is 1.77. The van der Waals surface area contributed by atoms with Gasteiger partial charge in [0.05, 0.1) is 24.7 Å². The van der Waals surface area contributed by atoms with Crippen molar-refractivity contribution >= 4 is 57.4 Å². The number of ketones is 1. The van der Waals surface area contributed by atoms with Gasteiger partial charge in [-0.1, -0.05) is 53.7 Å². The van der Waals surface area contributed by atoms with E-state index >= 15 is 0 Å². The molecular weight excluding hydrogens is 459 g/mol. The Hall–Kier alpha value is -2.21. The fraction of sp³-hybridized carbons (Fsp3) is 0.304. The van der Waals surface area contributed by atoms with E-state index in [0.29, 0.717) is 33.2 Å². The van der Waals surface area contributed by atoms with Crippen molar-refractivity contribution in [2.45, 2.75) is 38.3 Å². The summed E-state index contributed by atoms with van der Waals surface area (Å²) in [6, 6.07) is 10.6. The number of ether oxygens (including phenoxy) is 1. The number of halogens is 3. The Labute approximate surface area is 195 Å². The number of methoxy groups -OCH3 is 1. The Morgan fingerprint density at radius 3 is 2.52 bits per heavy atom. The van der Waals surface area contributed by atoms with Gasteiger partial charge in [-0.3, -0.25) is 9.59 Å². The Kier molecular flexibility index (Phi) is 6.47. The van der Waals surface area contributed by atoms with Crippen molar-refractivity contribution in [3.63, 3.8) is 0 Å². The zero-order valence-corrected chi connectivity index (χ0v) is 19.2. The van der Waals surface area contributed by atoms with E-state index in [4.69, 9.17) is 39.5 Å². The van der Waals surface area contributed by atoms with Gasteiger partial charge in [0.1, 0.15) is 10.9 Å². The van der Waals surface area contributed by atoms with Gasteiger partial charge in [0.25, 0.3) is 11.7 Å². The second kappa shape index (κ2) is 9.11. The second-order valence-corrected chi connectivity index (χ2v) is 8.86. The summed E-state index contributed by atoms with van der Waals surface area (Å²) in [6.45, 7) is 0.315. The maximum atomic E-state index is 13.2. The number of hydrogen-bond donors (Lipinski definition) is 1. The summed E-state index contributed by atoms with van der Waals surface area (Å²) in [5.41, 5.74) is 1.65. The molecule has 1 heterocycles. The van der Waals surface area contributed by atoms with E-state index in [2.05, 4.69) is 5.32 Å². The molecule has 1 aromatic heterocycles. The number of hydrogen-bond acceptors (Lipinski definition) is 3. The molecular formula is C23H21Cl3N2O3. The molecule has 1 N–H and O–H groups in total. The number of rotatable bonds is 6. The van der Waals surface area contributed by atoms with Crippen molar-refractivity contribution in [1.82, 2.24) is 9.88 Å². The van der Waals surface area contributed by atoms with E-state index in [9.17, 15) is 9.59 Å². The molecule has 1 aliphatic rings. The normalized spacial score (nSPS) is 14.2. The van der Waals surface area contributed by atoms with Crippen LogP contribution in [-0.4, -0.2) is 29.4 Å². The van der Waals surface area contributed by atoms with Crippen LogP contribution in [0.5, 0.6) is 5.75 Å². The zero-order valence-electron chi connectivity index (χ0n) is 16.9. The molecule has 0 unspecified atom stereocenters. The maximum absolute atomic E-state index is 13.2. The average Bonchev–Trinajstić information content (AvgIpc) is 3.35. The number of carbonyl (C=O) groups excluding carboxylic acids is 2. The molecule has 1 aliphatic carbocycles. The molecule has 1 amide bonds. The number of fused-ring (bicyclic) bond motifs is 1. The minimum Gasteiger partial charge on any atom is -0.497 e. The van der Waals surface area contributed by atoms with E-state index < -0.39 is 11.7 Å². The van der Waals surface area contributed by atoms with Gasteiger partial charge in [-0.05, 0) is 48.7 Å². The standard InChI is InChI=1S/C23H21Cl3N2O3/c1-31-16-8-9-19-17(11-16)20(21(29)23(30)27-15-4-2-3-5-15)22(26)28(19)12-13-6-7-14(24)10-18(13)25/h6-11,15H,2-5,12H2,1H3,(H,27,30). The highest BCUT2D eigenvalue weighted by atomic mass is 35.5. The predicted octanol–water partition coefficient (Wildman–Crippen LogP) is 5.90. The fourth-order valence-corrected chi connectivity index (χ4v) is 4.86. The van der Waals surface area contributed by atoms with Gasteiger partial charge in [-0.2, -0.15) is 0 Å². The molecule has 1 saturated carbocycles. The summed E-state index contributed by atoms with van der Waals surface area (Å²) in [6.07, 6.45) is 3.88. The van der Waals surface area contributed by atoms with Gasteiger partial charge in [0.2, 0.25) is 0 Å². The lowest BCUT2D eigenvalue weighted by molar-refractivity contribution is -0.117. The molecule has 5 nitrogen and oxygen atoms in total. The third-order valence-corrected chi connectivity index (χ3v) is 6.65. The number of nitrogens with one attached hydrogen (secondary N) is 1. The lowest BCUT2D eigenvalue weighted by Gasteiger charge is -2.11. The smallest absolute Gasteiger partial charge is 0.292 e. The maximum Gasteiger partial charge on any atom is 0.292 e. The number of Topliss-reactive ketones (excluding diaryl/α,β-unsaturated/α-hetero) is 1. The van der Waals surface area contributed by atoms with Gasteiger partial charge in [0, 0.05) is 21.5 Å². The minimum absolute atomic E-state index is 0.0333. The van der Waals surface area contributed by atoms with Crippen molar-refractivity contribution in [2.75, 3.05) is 7.11 Å². The van der Waals surface area contributed by atoms with Crippen molar-refractivity contribution in [1.29, 1.82) is 0 Å². The SMILES string of the molecule is COc1ccc2c(c1)c(C(=O)C(=O)NC1CCCC1)c(Cl)n2Cc1ccc(Cl)cc1Cl. The molecule has 0 radical (unpaired) electrons. The van der Waals surface area contributed by atoms with E-state index in [-0.39, 0.29) is 16.8 Å². The predicted molar refractivity (Wildman–Crippen MR) is 124 cm³/mol. The molecule has 4 rings (SSSR count). The third-order valence-electron chi connectivity index (χ3n) is 5.67. The Morgan fingerprint density at radius 2 is 1.84 bits per heavy atom. The third kappa shape index (κ3) is 4.40. The molecule has 0 bridgehead atoms. The molecule has 0 atom stereocenters. The quantitative estimate of drug-likeness (QED) is 0.354. The first-order valence-corrected chi connectivity index (χ1v) is 11.2. The van der Waals surface area contributed by atoms with E-state index in [1.165, 1.54) is 0 Å². The fourth-order valence-electron chi connectivity index (χ4n) is 4.06. The topological polar surface area (TPSA) is 60.3 Å². The summed E-state index contributed by atoms with van der Waals surface area (Å²) < 4.78 is 7.09. The van der Waals surface area contributed by atoms with Gasteiger partial charge < -0.3 is 14.6 Å². The van der Waals surface area contributed by atoms with Gasteiger partial charge in [-0.25, -0.2) is 0 Å². The van der Waals surface area contributed by atoms with Crippen molar-refractivity contribution in [3.8, 4) is 5.75 Å². The van der Waals surface area contributed by atoms with Crippen molar-refractivity contribution in [2.24, 2.45) is 0 Å². The monoisotopic (exact) mass is 478 g/mol. The highest BCUT2D eigenvalue weighted by molar-refractivity contribution is 6.49. The molecule has 0 aliphatic heterocycles. The first-order chi connectivity index (χ1) is 14.9. The molecule has 3 aromatic rings. The lowest BCUT2D eigenvalue weighted by Crippen LogP contribution is -2.37. The molecule has 1 fully saturated rings. The molecule has 2 aromatic carbocycles. The molecule has 162 valence electrons. The van der Waals surface area contributed by atoms with E-state index in [1.54, 1.807) is 35.9 Å². The molecule has 8 heteroatoms. The molecule has 0 saturated heterocycles. The summed E-state index contributed by atoms with van der Waals surface area (Å²) in [4.78, 5) is 25.9. The van der Waals surface area contributed by atoms with E-state index in [1.807, 2.05) is 12.1 Å². The number of nitrogens with zero attached hydrogens (tertiary/aromatic N) is 1. The van der Waals surface area contributed by atoms with Crippen LogP contribution in [-0.2, 0) is 11.3 Å². The highest BCUT2D eigenvalue weighted by Crippen LogP contribution is 2.35. The molecule has 31 heavy (non-hydrogen) atoms. The van der Waals surface area contributed by atoms with Gasteiger partial charge in [0.15, 0.2) is 0 Å². The Morgan fingerprint density at radius 1 is 1.10 bits per heavy atom. The summed E-state index contributed by atoms with van der Waals surface area (Å²) >= 11 is 19.1. The number of carbonyl (C=O) groups is 2. The second-order valence-electron chi connectivity index (χ2n) is 7.65.